The maximum atomic E-state index is 13.6. The van der Waals surface area contributed by atoms with Crippen molar-refractivity contribution in [3.05, 3.63) is 98.6 Å². The fourth-order valence-corrected chi connectivity index (χ4v) is 3.85. The normalized spacial score (nSPS) is 11.8. The molecule has 0 spiro atoms. The van der Waals surface area contributed by atoms with E-state index in [1.807, 2.05) is 0 Å². The Balaban J connectivity index is 1.65. The number of benzene rings is 3. The Morgan fingerprint density at radius 2 is 1.61 bits per heavy atom. The van der Waals surface area contributed by atoms with Gasteiger partial charge in [-0.15, -0.1) is 0 Å². The van der Waals surface area contributed by atoms with Crippen molar-refractivity contribution < 1.29 is 40.8 Å². The molecular formula is C26H19F6N5O4. The van der Waals surface area contributed by atoms with Gasteiger partial charge in [-0.1, -0.05) is 18.2 Å². The molecule has 2 N–H and O–H groups in total. The van der Waals surface area contributed by atoms with Crippen LogP contribution in [0.2, 0.25) is 0 Å². The number of aromatic nitrogens is 2. The monoisotopic (exact) mass is 579 g/mol. The van der Waals surface area contributed by atoms with Gasteiger partial charge in [0.25, 0.3) is 5.69 Å². The molecule has 1 aromatic heterocycles. The summed E-state index contributed by atoms with van der Waals surface area (Å²) in [4.78, 5) is 30.8. The van der Waals surface area contributed by atoms with E-state index in [0.717, 1.165) is 6.07 Å². The summed E-state index contributed by atoms with van der Waals surface area (Å²) in [6.07, 6.45) is -10.0. The van der Waals surface area contributed by atoms with Gasteiger partial charge in [-0.2, -0.15) is 31.3 Å². The van der Waals surface area contributed by atoms with Gasteiger partial charge in [-0.3, -0.25) is 10.1 Å². The number of nitrogens with zero attached hydrogens (tertiary/aromatic N) is 3. The maximum Gasteiger partial charge on any atom is 0.416 e. The van der Waals surface area contributed by atoms with Crippen LogP contribution in [0.15, 0.2) is 60.7 Å². The number of halogens is 6. The highest BCUT2D eigenvalue weighted by Crippen LogP contribution is 2.37. The quantitative estimate of drug-likeness (QED) is 0.104. The fourth-order valence-electron chi connectivity index (χ4n) is 3.85. The first-order valence-corrected chi connectivity index (χ1v) is 11.6. The highest BCUT2D eigenvalue weighted by molar-refractivity contribution is 5.92. The molecule has 0 saturated carbocycles. The van der Waals surface area contributed by atoms with Gasteiger partial charge in [0.15, 0.2) is 0 Å². The molecule has 1 heterocycles. The summed E-state index contributed by atoms with van der Waals surface area (Å²) >= 11 is 0. The largest absolute Gasteiger partial charge is 0.465 e. The Morgan fingerprint density at radius 1 is 0.902 bits per heavy atom. The minimum Gasteiger partial charge on any atom is -0.465 e. The molecular weight excluding hydrogens is 560 g/mol. The van der Waals surface area contributed by atoms with E-state index < -0.39 is 46.5 Å². The number of fused-ring (bicyclic) bond motifs is 1. The molecule has 41 heavy (non-hydrogen) atoms. The van der Waals surface area contributed by atoms with Gasteiger partial charge < -0.3 is 15.4 Å². The van der Waals surface area contributed by atoms with Crippen LogP contribution in [0.25, 0.3) is 10.9 Å². The van der Waals surface area contributed by atoms with Gasteiger partial charge in [0.1, 0.15) is 5.82 Å². The van der Waals surface area contributed by atoms with Gasteiger partial charge in [0.2, 0.25) is 5.95 Å². The molecule has 4 aromatic rings. The first-order chi connectivity index (χ1) is 19.3. The Hall–Kier alpha value is -4.95. The van der Waals surface area contributed by atoms with E-state index in [9.17, 15) is 41.3 Å². The number of nitro benzene ring substituents is 1. The van der Waals surface area contributed by atoms with Crippen molar-refractivity contribution in [1.82, 2.24) is 9.97 Å². The summed E-state index contributed by atoms with van der Waals surface area (Å²) in [6, 6.07) is 11.4. The number of carbonyl (C=O) groups is 1. The lowest BCUT2D eigenvalue weighted by Gasteiger charge is -2.17. The second kappa shape index (κ2) is 11.3. The van der Waals surface area contributed by atoms with Crippen molar-refractivity contribution in [2.45, 2.75) is 25.4 Å². The van der Waals surface area contributed by atoms with Crippen molar-refractivity contribution in [1.29, 1.82) is 0 Å². The van der Waals surface area contributed by atoms with Gasteiger partial charge in [-0.05, 0) is 41.5 Å². The molecule has 0 radical (unpaired) electrons. The zero-order valence-electron chi connectivity index (χ0n) is 20.9. The summed E-state index contributed by atoms with van der Waals surface area (Å²) in [5, 5.41) is 17.1. The fraction of sp³-hybridized carbons (Fsp3) is 0.192. The minimum atomic E-state index is -5.06. The van der Waals surface area contributed by atoms with E-state index in [0.29, 0.717) is 17.2 Å². The third-order valence-electron chi connectivity index (χ3n) is 5.90. The zero-order chi connectivity index (χ0) is 29.9. The Morgan fingerprint density at radius 3 is 2.22 bits per heavy atom. The number of esters is 1. The smallest absolute Gasteiger partial charge is 0.416 e. The molecule has 214 valence electrons. The SMILES string of the molecule is COC(=O)c1ccc(CNc2nc(NCc3ccc(C(F)(F)F)cc3C(F)(F)F)nc3ccc([N+](=O)[O-])cc23)cc1. The van der Waals surface area contributed by atoms with Crippen LogP contribution in [0.3, 0.4) is 0 Å². The van der Waals surface area contributed by atoms with Gasteiger partial charge in [0, 0.05) is 30.6 Å². The topological polar surface area (TPSA) is 119 Å². The first kappa shape index (κ1) is 29.0. The molecule has 4 rings (SSSR count). The maximum absolute atomic E-state index is 13.6. The van der Waals surface area contributed by atoms with Gasteiger partial charge in [0.05, 0.1) is 34.2 Å². The lowest BCUT2D eigenvalue weighted by Crippen LogP contribution is -2.16. The average molecular weight is 579 g/mol. The van der Waals surface area contributed by atoms with E-state index in [4.69, 9.17) is 0 Å². The summed E-state index contributed by atoms with van der Waals surface area (Å²) in [5.74, 6) is -0.610. The number of carbonyl (C=O) groups excluding carboxylic acids is 1. The number of alkyl halides is 6. The number of hydrogen-bond donors (Lipinski definition) is 2. The summed E-state index contributed by atoms with van der Waals surface area (Å²) in [5.41, 5.74) is -2.44. The molecule has 15 heteroatoms. The van der Waals surface area contributed by atoms with Crippen molar-refractivity contribution in [3.63, 3.8) is 0 Å². The van der Waals surface area contributed by atoms with Crippen molar-refractivity contribution >= 4 is 34.3 Å². The van der Waals surface area contributed by atoms with Crippen LogP contribution in [0.4, 0.5) is 43.8 Å². The Labute approximate surface area is 227 Å². The number of nitrogens with one attached hydrogen (secondary N) is 2. The molecule has 0 amide bonds. The van der Waals surface area contributed by atoms with Crippen LogP contribution in [0.1, 0.15) is 32.6 Å². The first-order valence-electron chi connectivity index (χ1n) is 11.6. The van der Waals surface area contributed by atoms with Crippen molar-refractivity contribution in [3.8, 4) is 0 Å². The van der Waals surface area contributed by atoms with Crippen LogP contribution in [-0.4, -0.2) is 28.0 Å². The highest BCUT2D eigenvalue weighted by atomic mass is 19.4. The van der Waals surface area contributed by atoms with Crippen molar-refractivity contribution in [2.24, 2.45) is 0 Å². The van der Waals surface area contributed by atoms with E-state index in [1.54, 1.807) is 12.1 Å². The Bertz CT molecular complexity index is 1610. The molecule has 0 atom stereocenters. The van der Waals surface area contributed by atoms with Crippen molar-refractivity contribution in [2.75, 3.05) is 17.7 Å². The second-order valence-electron chi connectivity index (χ2n) is 8.62. The predicted octanol–water partition coefficient (Wildman–Crippen LogP) is 6.59. The molecule has 0 aliphatic heterocycles. The number of methoxy groups -OCH3 is 1. The predicted molar refractivity (Wildman–Crippen MR) is 135 cm³/mol. The zero-order valence-corrected chi connectivity index (χ0v) is 20.9. The molecule has 0 aliphatic carbocycles. The van der Waals surface area contributed by atoms with Crippen LogP contribution >= 0.6 is 0 Å². The van der Waals surface area contributed by atoms with Crippen LogP contribution in [0.5, 0.6) is 0 Å². The standard InChI is InChI=1S/C26H19F6N5O4/c1-41-23(38)15-4-2-14(3-5-15)12-33-22-19-11-18(37(39)40)8-9-21(19)35-24(36-22)34-13-16-6-7-17(25(27,28)29)10-20(16)26(30,31)32/h2-11H,12-13H2,1H3,(H2,33,34,35,36). The van der Waals surface area contributed by atoms with E-state index in [-0.39, 0.29) is 41.0 Å². The molecule has 3 aromatic carbocycles. The van der Waals surface area contributed by atoms with Crippen LogP contribution in [-0.2, 0) is 30.2 Å². The lowest BCUT2D eigenvalue weighted by molar-refractivity contribution is -0.384. The van der Waals surface area contributed by atoms with E-state index in [2.05, 4.69) is 25.3 Å². The average Bonchev–Trinajstić information content (AvgIpc) is 2.93. The summed E-state index contributed by atoms with van der Waals surface area (Å²) in [7, 11) is 1.24. The van der Waals surface area contributed by atoms with E-state index >= 15 is 0 Å². The van der Waals surface area contributed by atoms with Crippen LogP contribution < -0.4 is 10.6 Å². The molecule has 0 aliphatic rings. The highest BCUT2D eigenvalue weighted by Gasteiger charge is 2.38. The Kier molecular flexibility index (Phi) is 7.98. The van der Waals surface area contributed by atoms with E-state index in [1.165, 1.54) is 37.4 Å². The molecule has 0 fully saturated rings. The van der Waals surface area contributed by atoms with Crippen LogP contribution in [0, 0.1) is 10.1 Å². The second-order valence-corrected chi connectivity index (χ2v) is 8.62. The number of non-ortho nitro benzene ring substituents is 1. The van der Waals surface area contributed by atoms with Gasteiger partial charge >= 0.3 is 18.3 Å². The molecule has 0 unspecified atom stereocenters. The summed E-state index contributed by atoms with van der Waals surface area (Å²) in [6.45, 7) is -0.438. The number of rotatable bonds is 8. The number of hydrogen-bond acceptors (Lipinski definition) is 8. The van der Waals surface area contributed by atoms with Gasteiger partial charge in [-0.25, -0.2) is 9.78 Å². The lowest BCUT2D eigenvalue weighted by atomic mass is 10.0. The number of ether oxygens (including phenoxy) is 1. The third kappa shape index (κ3) is 6.80. The number of anilines is 2. The molecule has 0 bridgehead atoms. The molecule has 9 nitrogen and oxygen atoms in total. The third-order valence-corrected chi connectivity index (χ3v) is 5.90. The minimum absolute atomic E-state index is 0.0376. The molecule has 0 saturated heterocycles. The summed E-state index contributed by atoms with van der Waals surface area (Å²) < 4.78 is 84.3. The number of nitro groups is 1.